The molecule has 17 heavy (non-hydrogen) atoms. The largest absolute Gasteiger partial charge is 0.512 e. The molecule has 0 aromatic heterocycles. The summed E-state index contributed by atoms with van der Waals surface area (Å²) in [5.41, 5.74) is -0.128. The van der Waals surface area contributed by atoms with Gasteiger partial charge in [-0.3, -0.25) is 0 Å². The third-order valence-corrected chi connectivity index (χ3v) is 6.28. The summed E-state index contributed by atoms with van der Waals surface area (Å²) < 4.78 is 22.7. The Morgan fingerprint density at radius 1 is 0.941 bits per heavy atom. The van der Waals surface area contributed by atoms with Crippen molar-refractivity contribution in [2.45, 2.75) is 40.2 Å². The molecule has 6 heteroatoms. The number of hydrogen-bond acceptors (Lipinski definition) is 5. The molecule has 0 aliphatic carbocycles. The average molecular weight is 280 g/mol. The number of ether oxygens (including phenoxy) is 1. The van der Waals surface area contributed by atoms with Gasteiger partial charge >= 0.3 is 8.80 Å². The van der Waals surface area contributed by atoms with Gasteiger partial charge in [0.15, 0.2) is 5.05 Å². The minimum atomic E-state index is -2.77. The summed E-state index contributed by atoms with van der Waals surface area (Å²) >= 11 is 5.24. The maximum absolute atomic E-state index is 5.77. The van der Waals surface area contributed by atoms with Crippen LogP contribution in [0.3, 0.4) is 0 Å². The zero-order valence-electron chi connectivity index (χ0n) is 11.4. The quantitative estimate of drug-likeness (QED) is 0.479. The molecule has 0 aromatic carbocycles. The monoisotopic (exact) mass is 280 g/mol. The smallest absolute Gasteiger partial charge is 0.487 e. The Bertz CT molecular complexity index is 208. The van der Waals surface area contributed by atoms with Crippen LogP contribution >= 0.6 is 12.2 Å². The summed E-state index contributed by atoms with van der Waals surface area (Å²) in [4.78, 5) is 0. The minimum Gasteiger partial charge on any atom is -0.487 e. The van der Waals surface area contributed by atoms with Gasteiger partial charge in [-0.05, 0) is 46.8 Å². The first-order chi connectivity index (χ1) is 8.07. The highest BCUT2D eigenvalue weighted by molar-refractivity contribution is 7.80. The van der Waals surface area contributed by atoms with Crippen LogP contribution in [0, 0.1) is 0 Å². The predicted molar refractivity (Wildman–Crippen MR) is 74.3 cm³/mol. The van der Waals surface area contributed by atoms with Gasteiger partial charge in [0, 0.05) is 19.8 Å². The lowest BCUT2D eigenvalue weighted by Gasteiger charge is -2.33. The van der Waals surface area contributed by atoms with Gasteiger partial charge < -0.3 is 18.0 Å². The fourth-order valence-corrected chi connectivity index (χ4v) is 4.65. The van der Waals surface area contributed by atoms with E-state index < -0.39 is 8.80 Å². The van der Waals surface area contributed by atoms with Crippen molar-refractivity contribution in [2.24, 2.45) is 0 Å². The van der Waals surface area contributed by atoms with Gasteiger partial charge in [0.2, 0.25) is 0 Å². The van der Waals surface area contributed by atoms with Crippen molar-refractivity contribution in [3.05, 3.63) is 0 Å². The molecule has 0 rings (SSSR count). The minimum absolute atomic E-state index is 0.128. The fraction of sp³-hybridized carbons (Fsp3) is 0.909. The second-order valence-corrected chi connectivity index (χ2v) is 6.72. The molecule has 0 heterocycles. The Morgan fingerprint density at radius 2 is 1.35 bits per heavy atom. The third kappa shape index (κ3) is 5.01. The first-order valence-electron chi connectivity index (χ1n) is 6.16. The molecule has 0 spiro atoms. The molecule has 1 unspecified atom stereocenters. The molecule has 1 atom stereocenters. The predicted octanol–water partition coefficient (Wildman–Crippen LogP) is 2.79. The lowest BCUT2D eigenvalue weighted by atomic mass is 10.5. The van der Waals surface area contributed by atoms with Crippen LogP contribution in [0.2, 0.25) is 5.54 Å². The molecule has 0 bridgehead atoms. The summed E-state index contributed by atoms with van der Waals surface area (Å²) in [6, 6.07) is 0. The van der Waals surface area contributed by atoms with Gasteiger partial charge in [-0.25, -0.2) is 0 Å². The van der Waals surface area contributed by atoms with Crippen LogP contribution in [0.5, 0.6) is 0 Å². The van der Waals surface area contributed by atoms with E-state index in [4.69, 9.17) is 30.2 Å². The van der Waals surface area contributed by atoms with E-state index in [1.807, 2.05) is 34.6 Å². The Morgan fingerprint density at radius 3 is 1.65 bits per heavy atom. The Balaban J connectivity index is 4.88. The van der Waals surface area contributed by atoms with Crippen molar-refractivity contribution in [2.75, 3.05) is 26.4 Å². The zero-order valence-corrected chi connectivity index (χ0v) is 13.3. The molecule has 0 aliphatic heterocycles. The summed E-state index contributed by atoms with van der Waals surface area (Å²) in [5.74, 6) is 0. The van der Waals surface area contributed by atoms with Gasteiger partial charge in [-0.15, -0.1) is 0 Å². The average Bonchev–Trinajstić information content (AvgIpc) is 2.29. The molecule has 0 aliphatic rings. The maximum Gasteiger partial charge on any atom is 0.512 e. The maximum atomic E-state index is 5.77. The van der Waals surface area contributed by atoms with Gasteiger partial charge in [0.05, 0.1) is 12.1 Å². The second-order valence-electron chi connectivity index (χ2n) is 3.38. The Hall–Kier alpha value is -0.0131. The SMILES string of the molecule is CCOC(=S)C(C)[Si](OCC)(OCC)OCC. The molecular weight excluding hydrogens is 256 g/mol. The Kier molecular flexibility index (Phi) is 8.98. The first-order valence-corrected chi connectivity index (χ1v) is 8.37. The summed E-state index contributed by atoms with van der Waals surface area (Å²) in [7, 11) is -2.77. The molecule has 0 fully saturated rings. The van der Waals surface area contributed by atoms with Crippen molar-refractivity contribution in [1.82, 2.24) is 0 Å². The first kappa shape index (κ1) is 17.0. The lowest BCUT2D eigenvalue weighted by Crippen LogP contribution is -2.52. The van der Waals surface area contributed by atoms with Crippen LogP contribution in [-0.2, 0) is 18.0 Å². The van der Waals surface area contributed by atoms with E-state index >= 15 is 0 Å². The van der Waals surface area contributed by atoms with Gasteiger partial charge in [-0.2, -0.15) is 0 Å². The summed E-state index contributed by atoms with van der Waals surface area (Å²) in [5, 5.41) is 0.509. The van der Waals surface area contributed by atoms with E-state index in [2.05, 4.69) is 0 Å². The van der Waals surface area contributed by atoms with E-state index in [9.17, 15) is 0 Å². The van der Waals surface area contributed by atoms with Crippen LogP contribution in [0.25, 0.3) is 0 Å². The van der Waals surface area contributed by atoms with Crippen molar-refractivity contribution in [3.63, 3.8) is 0 Å². The third-order valence-electron chi connectivity index (χ3n) is 2.21. The normalized spacial score (nSPS) is 13.5. The van der Waals surface area contributed by atoms with Crippen LogP contribution < -0.4 is 0 Å². The van der Waals surface area contributed by atoms with E-state index in [0.29, 0.717) is 31.5 Å². The molecule has 0 aromatic rings. The van der Waals surface area contributed by atoms with Crippen molar-refractivity contribution < 1.29 is 18.0 Å². The van der Waals surface area contributed by atoms with E-state index in [0.717, 1.165) is 0 Å². The van der Waals surface area contributed by atoms with Gasteiger partial charge in [0.1, 0.15) is 0 Å². The molecule has 102 valence electrons. The molecule has 0 N–H and O–H groups in total. The van der Waals surface area contributed by atoms with Crippen molar-refractivity contribution in [1.29, 1.82) is 0 Å². The molecule has 0 amide bonds. The number of thiocarbonyl (C=S) groups is 1. The topological polar surface area (TPSA) is 36.9 Å². The van der Waals surface area contributed by atoms with Crippen molar-refractivity contribution >= 4 is 26.1 Å². The summed E-state index contributed by atoms with van der Waals surface area (Å²) in [6.45, 7) is 11.8. The standard InChI is InChI=1S/C11H24O4SSi/c1-6-12-11(16)10(5)17(13-7-2,14-8-3)15-9-4/h10H,6-9H2,1-5H3. The fourth-order valence-electron chi connectivity index (χ4n) is 1.52. The van der Waals surface area contributed by atoms with Gasteiger partial charge in [-0.1, -0.05) is 0 Å². The zero-order chi connectivity index (χ0) is 13.3. The van der Waals surface area contributed by atoms with Crippen LogP contribution in [0.1, 0.15) is 34.6 Å². The molecule has 0 saturated carbocycles. The van der Waals surface area contributed by atoms with Crippen LogP contribution in [0.15, 0.2) is 0 Å². The molecule has 4 nitrogen and oxygen atoms in total. The lowest BCUT2D eigenvalue weighted by molar-refractivity contribution is 0.0665. The number of rotatable bonds is 9. The van der Waals surface area contributed by atoms with Crippen LogP contribution in [-0.4, -0.2) is 40.3 Å². The van der Waals surface area contributed by atoms with Crippen molar-refractivity contribution in [3.8, 4) is 0 Å². The highest BCUT2D eigenvalue weighted by Crippen LogP contribution is 2.27. The van der Waals surface area contributed by atoms with E-state index in [-0.39, 0.29) is 5.54 Å². The second kappa shape index (κ2) is 8.99. The van der Waals surface area contributed by atoms with E-state index in [1.54, 1.807) is 0 Å². The highest BCUT2D eigenvalue weighted by Gasteiger charge is 2.49. The number of hydrogen-bond donors (Lipinski definition) is 0. The van der Waals surface area contributed by atoms with Crippen LogP contribution in [0.4, 0.5) is 0 Å². The van der Waals surface area contributed by atoms with E-state index in [1.165, 1.54) is 0 Å². The Labute approximate surface area is 111 Å². The highest BCUT2D eigenvalue weighted by atomic mass is 32.1. The summed E-state index contributed by atoms with van der Waals surface area (Å²) in [6.07, 6.45) is 0. The van der Waals surface area contributed by atoms with Gasteiger partial charge in [0.25, 0.3) is 0 Å². The molecule has 0 saturated heterocycles. The molecular formula is C11H24O4SSi. The molecule has 0 radical (unpaired) electrons.